The predicted molar refractivity (Wildman–Crippen MR) is 124 cm³/mol. The molecule has 7 nitrogen and oxygen atoms in total. The van der Waals surface area contributed by atoms with Gasteiger partial charge in [0.1, 0.15) is 4.90 Å². The number of halogens is 1. The molecule has 1 aliphatic rings. The molecule has 166 valence electrons. The largest absolute Gasteiger partial charge is 0.323 e. The first-order valence-electron chi connectivity index (χ1n) is 10.2. The number of hydrogen-bond donors (Lipinski definition) is 2. The maximum atomic E-state index is 13.2. The Bertz CT molecular complexity index is 1200. The minimum atomic E-state index is -3.78. The van der Waals surface area contributed by atoms with E-state index in [0.717, 1.165) is 5.56 Å². The minimum absolute atomic E-state index is 0.0869. The summed E-state index contributed by atoms with van der Waals surface area (Å²) in [5, 5.41) is 2.99. The van der Waals surface area contributed by atoms with E-state index in [2.05, 4.69) is 10.3 Å². The van der Waals surface area contributed by atoms with Gasteiger partial charge in [-0.15, -0.1) is 0 Å². The van der Waals surface area contributed by atoms with Crippen LogP contribution in [-0.4, -0.2) is 36.2 Å². The number of rotatable bonds is 6. The van der Waals surface area contributed by atoms with Crippen molar-refractivity contribution < 1.29 is 13.2 Å². The highest BCUT2D eigenvalue weighted by atomic mass is 35.5. The van der Waals surface area contributed by atoms with Crippen LogP contribution in [0.5, 0.6) is 0 Å². The molecule has 1 saturated heterocycles. The van der Waals surface area contributed by atoms with Crippen LogP contribution in [0.2, 0.25) is 5.02 Å². The number of hydrogen-bond acceptors (Lipinski definition) is 5. The Morgan fingerprint density at radius 1 is 1.09 bits per heavy atom. The summed E-state index contributed by atoms with van der Waals surface area (Å²) in [4.78, 5) is 16.5. The Labute approximate surface area is 192 Å². The molecular weight excluding hydrogens is 448 g/mol. The van der Waals surface area contributed by atoms with Gasteiger partial charge in [-0.2, -0.15) is 4.31 Å². The molecule has 0 radical (unpaired) electrons. The molecule has 1 fully saturated rings. The second-order valence-corrected chi connectivity index (χ2v) is 9.86. The Morgan fingerprint density at radius 2 is 1.78 bits per heavy atom. The molecule has 4 rings (SSSR count). The summed E-state index contributed by atoms with van der Waals surface area (Å²) in [5.74, 6) is -0.250. The number of anilines is 1. The van der Waals surface area contributed by atoms with Gasteiger partial charge in [-0.3, -0.25) is 9.78 Å². The van der Waals surface area contributed by atoms with Crippen molar-refractivity contribution in [1.82, 2.24) is 9.29 Å². The molecule has 1 aromatic heterocycles. The molecular formula is C23H23ClN4O3S. The van der Waals surface area contributed by atoms with Gasteiger partial charge in [0.05, 0.1) is 5.02 Å². The maximum Gasteiger partial charge on any atom is 0.255 e. The van der Waals surface area contributed by atoms with E-state index < -0.39 is 22.1 Å². The molecule has 1 amide bonds. The van der Waals surface area contributed by atoms with Crippen LogP contribution < -0.4 is 11.1 Å². The summed E-state index contributed by atoms with van der Waals surface area (Å²) < 4.78 is 27.9. The number of amides is 1. The summed E-state index contributed by atoms with van der Waals surface area (Å²) in [5.41, 5.74) is 8.39. The van der Waals surface area contributed by atoms with Crippen molar-refractivity contribution in [2.45, 2.75) is 29.8 Å². The van der Waals surface area contributed by atoms with Crippen LogP contribution in [-0.2, 0) is 10.0 Å². The highest BCUT2D eigenvalue weighted by molar-refractivity contribution is 7.89. The Balaban J connectivity index is 1.51. The van der Waals surface area contributed by atoms with Gasteiger partial charge < -0.3 is 11.1 Å². The van der Waals surface area contributed by atoms with E-state index in [1.165, 1.54) is 10.4 Å². The number of nitrogens with two attached hydrogens (primary N) is 1. The number of nitrogens with one attached hydrogen (secondary N) is 1. The fourth-order valence-corrected chi connectivity index (χ4v) is 6.13. The van der Waals surface area contributed by atoms with Crippen LogP contribution in [0, 0.1) is 0 Å². The first kappa shape index (κ1) is 22.4. The molecule has 0 bridgehead atoms. The lowest BCUT2D eigenvalue weighted by Crippen LogP contribution is -2.42. The fourth-order valence-electron chi connectivity index (χ4n) is 3.92. The Hall–Kier alpha value is -2.78. The van der Waals surface area contributed by atoms with Crippen LogP contribution in [0.15, 0.2) is 78.0 Å². The third-order valence-corrected chi connectivity index (χ3v) is 8.01. The molecule has 2 aromatic carbocycles. The minimum Gasteiger partial charge on any atom is -0.323 e. The zero-order valence-corrected chi connectivity index (χ0v) is 18.8. The van der Waals surface area contributed by atoms with E-state index in [1.807, 2.05) is 0 Å². The van der Waals surface area contributed by atoms with Crippen molar-refractivity contribution in [3.8, 4) is 0 Å². The highest BCUT2D eigenvalue weighted by Gasteiger charge is 2.39. The fraction of sp³-hybridized carbons (Fsp3) is 0.217. The number of aromatic nitrogens is 1. The summed E-state index contributed by atoms with van der Waals surface area (Å²) in [6.45, 7) is 0.387. The van der Waals surface area contributed by atoms with Gasteiger partial charge in [0, 0.05) is 42.3 Å². The Morgan fingerprint density at radius 3 is 2.47 bits per heavy atom. The van der Waals surface area contributed by atoms with Gasteiger partial charge in [0.15, 0.2) is 0 Å². The number of pyridine rings is 1. The number of carbonyl (C=O) groups excluding carboxylic acids is 1. The molecule has 3 aromatic rings. The van der Waals surface area contributed by atoms with Crippen LogP contribution >= 0.6 is 11.6 Å². The van der Waals surface area contributed by atoms with Crippen LogP contribution in [0.3, 0.4) is 0 Å². The van der Waals surface area contributed by atoms with Gasteiger partial charge in [-0.1, -0.05) is 35.9 Å². The summed E-state index contributed by atoms with van der Waals surface area (Å²) in [6, 6.07) is 15.8. The normalized spacial score (nSPS) is 17.8. The van der Waals surface area contributed by atoms with Crippen molar-refractivity contribution in [2.24, 2.45) is 5.73 Å². The molecule has 1 aliphatic heterocycles. The van der Waals surface area contributed by atoms with Crippen LogP contribution in [0.1, 0.15) is 34.8 Å². The van der Waals surface area contributed by atoms with Crippen molar-refractivity contribution in [3.05, 3.63) is 89.2 Å². The number of carbonyl (C=O) groups is 1. The summed E-state index contributed by atoms with van der Waals surface area (Å²) >= 11 is 6.16. The first-order chi connectivity index (χ1) is 15.4. The average Bonchev–Trinajstić information content (AvgIpc) is 3.30. The second kappa shape index (κ2) is 9.38. The third-order valence-electron chi connectivity index (χ3n) is 5.58. The molecule has 3 N–H and O–H groups in total. The predicted octanol–water partition coefficient (Wildman–Crippen LogP) is 3.84. The molecule has 2 atom stereocenters. The molecule has 2 unspecified atom stereocenters. The van der Waals surface area contributed by atoms with Crippen LogP contribution in [0.25, 0.3) is 0 Å². The monoisotopic (exact) mass is 470 g/mol. The SMILES string of the molecule is NC(c1ccc(C(=O)Nc2ccncc2)cc1)C1CCCN1S(=O)(=O)c1ccccc1Cl. The van der Waals surface area contributed by atoms with Gasteiger partial charge in [-0.25, -0.2) is 8.42 Å². The zero-order chi connectivity index (χ0) is 22.7. The smallest absolute Gasteiger partial charge is 0.255 e. The van der Waals surface area contributed by atoms with E-state index in [4.69, 9.17) is 17.3 Å². The van der Waals surface area contributed by atoms with Crippen molar-refractivity contribution >= 4 is 33.2 Å². The van der Waals surface area contributed by atoms with Gasteiger partial charge in [-0.05, 0) is 54.8 Å². The van der Waals surface area contributed by atoms with E-state index >= 15 is 0 Å². The standard InChI is InChI=1S/C23H23ClN4O3S/c24-19-4-1-2-6-21(19)32(30,31)28-15-3-5-20(28)22(25)16-7-9-17(10-8-16)23(29)27-18-11-13-26-14-12-18/h1-2,4,6-14,20,22H,3,5,15,25H2,(H,26,27,29). The lowest BCUT2D eigenvalue weighted by Gasteiger charge is -2.29. The topological polar surface area (TPSA) is 105 Å². The molecule has 32 heavy (non-hydrogen) atoms. The molecule has 0 spiro atoms. The average molecular weight is 471 g/mol. The highest BCUT2D eigenvalue weighted by Crippen LogP contribution is 2.34. The zero-order valence-electron chi connectivity index (χ0n) is 17.2. The summed E-state index contributed by atoms with van der Waals surface area (Å²) in [6.07, 6.45) is 4.56. The lowest BCUT2D eigenvalue weighted by molar-refractivity contribution is 0.102. The molecule has 0 saturated carbocycles. The second-order valence-electron chi connectivity index (χ2n) is 7.59. The number of nitrogens with zero attached hydrogens (tertiary/aromatic N) is 2. The number of benzene rings is 2. The molecule has 0 aliphatic carbocycles. The van der Waals surface area contributed by atoms with Crippen molar-refractivity contribution in [2.75, 3.05) is 11.9 Å². The summed E-state index contributed by atoms with van der Waals surface area (Å²) in [7, 11) is -3.78. The number of sulfonamides is 1. The quantitative estimate of drug-likeness (QED) is 0.569. The van der Waals surface area contributed by atoms with E-state index in [0.29, 0.717) is 30.6 Å². The van der Waals surface area contributed by atoms with Gasteiger partial charge in [0.2, 0.25) is 10.0 Å². The molecule has 9 heteroatoms. The maximum absolute atomic E-state index is 13.2. The van der Waals surface area contributed by atoms with Gasteiger partial charge in [0.25, 0.3) is 5.91 Å². The van der Waals surface area contributed by atoms with Crippen molar-refractivity contribution in [1.29, 1.82) is 0 Å². The van der Waals surface area contributed by atoms with E-state index in [9.17, 15) is 13.2 Å². The van der Waals surface area contributed by atoms with E-state index in [-0.39, 0.29) is 15.8 Å². The molecule has 2 heterocycles. The lowest BCUT2D eigenvalue weighted by atomic mass is 9.98. The Kier molecular flexibility index (Phi) is 6.57. The van der Waals surface area contributed by atoms with Crippen molar-refractivity contribution in [3.63, 3.8) is 0 Å². The third kappa shape index (κ3) is 4.54. The first-order valence-corrected chi connectivity index (χ1v) is 12.0. The van der Waals surface area contributed by atoms with Crippen LogP contribution in [0.4, 0.5) is 5.69 Å². The van der Waals surface area contributed by atoms with Gasteiger partial charge >= 0.3 is 0 Å². The van der Waals surface area contributed by atoms with E-state index in [1.54, 1.807) is 67.0 Å².